The largest absolute Gasteiger partial charge is 0.497 e. The molecule has 1 aliphatic rings. The molecule has 3 rings (SSSR count). The molecule has 0 aliphatic carbocycles. The highest BCUT2D eigenvalue weighted by Gasteiger charge is 2.23. The van der Waals surface area contributed by atoms with Crippen LogP contribution in [-0.2, 0) is 6.42 Å². The number of likely N-dealkylation sites (tertiary alicyclic amines) is 1. The maximum absolute atomic E-state index is 5.32. The van der Waals surface area contributed by atoms with Crippen molar-refractivity contribution in [3.8, 4) is 5.75 Å². The van der Waals surface area contributed by atoms with Crippen LogP contribution in [-0.4, -0.2) is 55.7 Å². The van der Waals surface area contributed by atoms with Gasteiger partial charge >= 0.3 is 0 Å². The number of nitrogens with zero attached hydrogens (tertiary/aromatic N) is 3. The van der Waals surface area contributed by atoms with Gasteiger partial charge < -0.3 is 15.4 Å². The van der Waals surface area contributed by atoms with E-state index in [0.29, 0.717) is 0 Å². The normalized spacial score (nSPS) is 15.3. The van der Waals surface area contributed by atoms with Crippen LogP contribution in [0.4, 0.5) is 0 Å². The van der Waals surface area contributed by atoms with E-state index in [4.69, 9.17) is 9.73 Å². The van der Waals surface area contributed by atoms with Crippen LogP contribution < -0.4 is 15.4 Å². The molecule has 30 heavy (non-hydrogen) atoms. The summed E-state index contributed by atoms with van der Waals surface area (Å²) in [5, 5.41) is 6.81. The quantitative estimate of drug-likeness (QED) is 0.299. The van der Waals surface area contributed by atoms with E-state index in [1.54, 1.807) is 7.11 Å². The Kier molecular flexibility index (Phi) is 10.9. The number of nitrogens with one attached hydrogen (secondary N) is 2. The lowest BCUT2D eigenvalue weighted by molar-refractivity contribution is 0.251. The van der Waals surface area contributed by atoms with E-state index in [1.807, 2.05) is 30.5 Å². The zero-order chi connectivity index (χ0) is 20.3. The first-order valence-electron chi connectivity index (χ1n) is 10.6. The number of aliphatic imine (C=N–C) groups is 1. The predicted molar refractivity (Wildman–Crippen MR) is 134 cm³/mol. The van der Waals surface area contributed by atoms with Crippen molar-refractivity contribution in [1.29, 1.82) is 0 Å². The molecular formula is C23H34IN5O. The Morgan fingerprint density at radius 3 is 2.53 bits per heavy atom. The monoisotopic (exact) mass is 523 g/mol. The zero-order valence-electron chi connectivity index (χ0n) is 18.0. The van der Waals surface area contributed by atoms with E-state index in [9.17, 15) is 0 Å². The van der Waals surface area contributed by atoms with Crippen molar-refractivity contribution >= 4 is 29.9 Å². The second kappa shape index (κ2) is 13.4. The van der Waals surface area contributed by atoms with Crippen LogP contribution in [0.1, 0.15) is 37.1 Å². The third-order valence-electron chi connectivity index (χ3n) is 5.25. The molecule has 6 nitrogen and oxygen atoms in total. The molecule has 0 amide bonds. The second-order valence-corrected chi connectivity index (χ2v) is 7.25. The van der Waals surface area contributed by atoms with Gasteiger partial charge in [0.05, 0.1) is 19.7 Å². The van der Waals surface area contributed by atoms with Gasteiger partial charge in [-0.1, -0.05) is 18.2 Å². The average Bonchev–Trinajstić information content (AvgIpc) is 3.29. The van der Waals surface area contributed by atoms with E-state index in [2.05, 4.69) is 45.6 Å². The van der Waals surface area contributed by atoms with E-state index < -0.39 is 0 Å². The molecule has 1 unspecified atom stereocenters. The fourth-order valence-corrected chi connectivity index (χ4v) is 3.69. The summed E-state index contributed by atoms with van der Waals surface area (Å²) in [6.07, 6.45) is 5.24. The molecule has 1 atom stereocenters. The summed E-state index contributed by atoms with van der Waals surface area (Å²) in [4.78, 5) is 11.8. The van der Waals surface area contributed by atoms with Crippen LogP contribution in [0.5, 0.6) is 5.75 Å². The summed E-state index contributed by atoms with van der Waals surface area (Å²) in [7, 11) is 1.70. The molecule has 1 aromatic heterocycles. The number of rotatable bonds is 9. The van der Waals surface area contributed by atoms with Gasteiger partial charge in [0.25, 0.3) is 0 Å². The number of hydrogen-bond acceptors (Lipinski definition) is 4. The molecule has 1 aliphatic heterocycles. The van der Waals surface area contributed by atoms with Gasteiger partial charge in [-0.05, 0) is 62.7 Å². The highest BCUT2D eigenvalue weighted by atomic mass is 127. The third kappa shape index (κ3) is 7.43. The molecular weight excluding hydrogens is 489 g/mol. The Labute approximate surface area is 197 Å². The fraction of sp³-hybridized carbons (Fsp3) is 0.478. The van der Waals surface area contributed by atoms with Crippen LogP contribution in [0, 0.1) is 0 Å². The summed E-state index contributed by atoms with van der Waals surface area (Å²) >= 11 is 0. The van der Waals surface area contributed by atoms with Crippen molar-refractivity contribution in [3.05, 3.63) is 59.9 Å². The minimum absolute atomic E-state index is 0. The van der Waals surface area contributed by atoms with Crippen LogP contribution in [0.2, 0.25) is 0 Å². The summed E-state index contributed by atoms with van der Waals surface area (Å²) in [5.74, 6) is 1.75. The van der Waals surface area contributed by atoms with Gasteiger partial charge in [-0.15, -0.1) is 24.0 Å². The van der Waals surface area contributed by atoms with Crippen molar-refractivity contribution in [2.24, 2.45) is 4.99 Å². The van der Waals surface area contributed by atoms with Gasteiger partial charge in [0.15, 0.2) is 5.96 Å². The molecule has 2 aromatic rings. The van der Waals surface area contributed by atoms with E-state index in [-0.39, 0.29) is 30.0 Å². The number of pyridine rings is 1. The van der Waals surface area contributed by atoms with Crippen molar-refractivity contribution in [2.45, 2.75) is 32.2 Å². The van der Waals surface area contributed by atoms with Gasteiger partial charge in [-0.25, -0.2) is 0 Å². The minimum atomic E-state index is 0. The van der Waals surface area contributed by atoms with Gasteiger partial charge in [-0.3, -0.25) is 14.9 Å². The Morgan fingerprint density at radius 2 is 1.90 bits per heavy atom. The molecule has 0 saturated carbocycles. The zero-order valence-corrected chi connectivity index (χ0v) is 20.3. The lowest BCUT2D eigenvalue weighted by Gasteiger charge is -2.27. The maximum atomic E-state index is 5.32. The third-order valence-corrected chi connectivity index (χ3v) is 5.25. The molecule has 0 radical (unpaired) electrons. The Balaban J connectivity index is 0.00000320. The number of benzene rings is 1. The van der Waals surface area contributed by atoms with Crippen molar-refractivity contribution in [2.75, 3.05) is 39.8 Å². The lowest BCUT2D eigenvalue weighted by atomic mass is 10.1. The molecule has 0 bridgehead atoms. The standard InChI is InChI=1S/C23H33N5O.HI/c1-3-24-23(26-15-13-20-8-4-5-14-25-20)27-18-22(28-16-6-7-17-28)19-9-11-21(29-2)12-10-19;/h4-5,8-12,14,22H,3,6-7,13,15-18H2,1-2H3,(H2,24,26,27);1H. The molecule has 0 spiro atoms. The fourth-order valence-electron chi connectivity index (χ4n) is 3.69. The van der Waals surface area contributed by atoms with Gasteiger partial charge in [0.1, 0.15) is 5.75 Å². The molecule has 7 heteroatoms. The molecule has 2 heterocycles. The number of halogens is 1. The lowest BCUT2D eigenvalue weighted by Crippen LogP contribution is -2.39. The van der Waals surface area contributed by atoms with Crippen molar-refractivity contribution in [3.63, 3.8) is 0 Å². The summed E-state index contributed by atoms with van der Waals surface area (Å²) in [6.45, 7) is 6.74. The van der Waals surface area contributed by atoms with Crippen LogP contribution in [0.3, 0.4) is 0 Å². The van der Waals surface area contributed by atoms with Crippen LogP contribution in [0.15, 0.2) is 53.7 Å². The number of hydrogen-bond donors (Lipinski definition) is 2. The molecule has 1 saturated heterocycles. The SMILES string of the molecule is CCNC(=NCC(c1ccc(OC)cc1)N1CCCC1)NCCc1ccccn1.I. The summed E-state index contributed by atoms with van der Waals surface area (Å²) in [6, 6.07) is 14.7. The summed E-state index contributed by atoms with van der Waals surface area (Å²) in [5.41, 5.74) is 2.38. The second-order valence-electron chi connectivity index (χ2n) is 7.25. The van der Waals surface area contributed by atoms with Gasteiger partial charge in [-0.2, -0.15) is 0 Å². The van der Waals surface area contributed by atoms with E-state index in [0.717, 1.165) is 56.5 Å². The van der Waals surface area contributed by atoms with E-state index >= 15 is 0 Å². The molecule has 1 fully saturated rings. The van der Waals surface area contributed by atoms with Gasteiger partial charge in [0, 0.05) is 31.4 Å². The van der Waals surface area contributed by atoms with Crippen molar-refractivity contribution in [1.82, 2.24) is 20.5 Å². The molecule has 2 N–H and O–H groups in total. The number of aromatic nitrogens is 1. The van der Waals surface area contributed by atoms with E-state index in [1.165, 1.54) is 18.4 Å². The highest BCUT2D eigenvalue weighted by molar-refractivity contribution is 14.0. The van der Waals surface area contributed by atoms with Crippen molar-refractivity contribution < 1.29 is 4.74 Å². The first-order valence-corrected chi connectivity index (χ1v) is 10.6. The number of methoxy groups -OCH3 is 1. The average molecular weight is 523 g/mol. The highest BCUT2D eigenvalue weighted by Crippen LogP contribution is 2.27. The predicted octanol–water partition coefficient (Wildman–Crippen LogP) is 3.64. The smallest absolute Gasteiger partial charge is 0.191 e. The summed E-state index contributed by atoms with van der Waals surface area (Å²) < 4.78 is 5.32. The Hall–Kier alpha value is -1.87. The number of guanidine groups is 1. The van der Waals surface area contributed by atoms with Gasteiger partial charge in [0.2, 0.25) is 0 Å². The molecule has 164 valence electrons. The maximum Gasteiger partial charge on any atom is 0.191 e. The Morgan fingerprint density at radius 1 is 1.13 bits per heavy atom. The first-order chi connectivity index (χ1) is 14.3. The molecule has 1 aromatic carbocycles. The number of ether oxygens (including phenoxy) is 1. The first kappa shape index (κ1) is 24.4. The van der Waals surface area contributed by atoms with Crippen LogP contribution in [0.25, 0.3) is 0 Å². The Bertz CT molecular complexity index is 748. The topological polar surface area (TPSA) is 61.8 Å². The van der Waals surface area contributed by atoms with Crippen LogP contribution >= 0.6 is 24.0 Å². The minimum Gasteiger partial charge on any atom is -0.497 e.